The first kappa shape index (κ1) is 12.2. The van der Waals surface area contributed by atoms with Gasteiger partial charge in [-0.25, -0.2) is 9.97 Å². The molecule has 0 aromatic carbocycles. The van der Waals surface area contributed by atoms with Crippen LogP contribution >= 0.6 is 0 Å². The second-order valence-electron chi connectivity index (χ2n) is 6.02. The molecule has 4 nitrogen and oxygen atoms in total. The molecule has 0 aliphatic heterocycles. The van der Waals surface area contributed by atoms with Gasteiger partial charge in [0.15, 0.2) is 0 Å². The van der Waals surface area contributed by atoms with Crippen molar-refractivity contribution in [3.8, 4) is 11.3 Å². The molecule has 2 aromatic heterocycles. The van der Waals surface area contributed by atoms with E-state index in [4.69, 9.17) is 5.73 Å². The lowest BCUT2D eigenvalue weighted by Crippen LogP contribution is -2.21. The van der Waals surface area contributed by atoms with Crippen LogP contribution in [0.15, 0.2) is 30.9 Å². The van der Waals surface area contributed by atoms with Gasteiger partial charge in [-0.15, -0.1) is 0 Å². The van der Waals surface area contributed by atoms with Gasteiger partial charge in [0.2, 0.25) is 0 Å². The number of nitrogens with zero attached hydrogens (tertiary/aromatic N) is 3. The van der Waals surface area contributed by atoms with Crippen LogP contribution in [0, 0.1) is 5.41 Å². The molecule has 19 heavy (non-hydrogen) atoms. The molecule has 0 spiro atoms. The summed E-state index contributed by atoms with van der Waals surface area (Å²) in [6.07, 6.45) is 9.28. The normalized spacial score (nSPS) is 21.7. The lowest BCUT2D eigenvalue weighted by Gasteiger charge is -2.29. The second-order valence-corrected chi connectivity index (χ2v) is 6.02. The molecule has 1 aliphatic carbocycles. The summed E-state index contributed by atoms with van der Waals surface area (Å²) in [5, 5.41) is 0. The number of hydrogen-bond donors (Lipinski definition) is 1. The monoisotopic (exact) mass is 256 g/mol. The molecule has 0 radical (unpaired) electrons. The van der Waals surface area contributed by atoms with Crippen molar-refractivity contribution in [3.05, 3.63) is 30.9 Å². The number of pyridine rings is 1. The Morgan fingerprint density at radius 2 is 2.26 bits per heavy atom. The third-order valence-electron chi connectivity index (χ3n) is 4.32. The molecule has 1 fully saturated rings. The van der Waals surface area contributed by atoms with Gasteiger partial charge in [0.05, 0.1) is 18.2 Å². The SMILES string of the molecule is CC1(C)CCCC1n1cncc1-c1cccnc1N. The molecule has 1 atom stereocenters. The molecule has 0 bridgehead atoms. The number of nitrogens with two attached hydrogens (primary N) is 1. The molecular formula is C15H20N4. The largest absolute Gasteiger partial charge is 0.383 e. The van der Waals surface area contributed by atoms with Crippen LogP contribution in [0.25, 0.3) is 11.3 Å². The lowest BCUT2D eigenvalue weighted by molar-refractivity contribution is 0.262. The fraction of sp³-hybridized carbons (Fsp3) is 0.467. The maximum atomic E-state index is 5.99. The average Bonchev–Trinajstić information content (AvgIpc) is 2.95. The third-order valence-corrected chi connectivity index (χ3v) is 4.32. The minimum atomic E-state index is 0.312. The molecule has 1 unspecified atom stereocenters. The fourth-order valence-corrected chi connectivity index (χ4v) is 3.22. The zero-order chi connectivity index (χ0) is 13.5. The van der Waals surface area contributed by atoms with Gasteiger partial charge in [-0.2, -0.15) is 0 Å². The Kier molecular flexibility index (Phi) is 2.81. The highest BCUT2D eigenvalue weighted by Crippen LogP contribution is 2.47. The van der Waals surface area contributed by atoms with Crippen molar-refractivity contribution in [2.75, 3.05) is 5.73 Å². The summed E-state index contributed by atoms with van der Waals surface area (Å²) < 4.78 is 2.28. The molecular weight excluding hydrogens is 236 g/mol. The Balaban J connectivity index is 2.07. The van der Waals surface area contributed by atoms with Crippen LogP contribution < -0.4 is 5.73 Å². The van der Waals surface area contributed by atoms with Gasteiger partial charge in [-0.05, 0) is 30.4 Å². The quantitative estimate of drug-likeness (QED) is 0.897. The summed E-state index contributed by atoms with van der Waals surface area (Å²) in [5.74, 6) is 0.569. The Hall–Kier alpha value is -1.84. The second kappa shape index (κ2) is 4.37. The van der Waals surface area contributed by atoms with Crippen LogP contribution in [0.1, 0.15) is 39.2 Å². The predicted octanol–water partition coefficient (Wildman–Crippen LogP) is 3.28. The van der Waals surface area contributed by atoms with Gasteiger partial charge in [-0.3, -0.25) is 0 Å². The van der Waals surface area contributed by atoms with Gasteiger partial charge in [0, 0.05) is 17.8 Å². The van der Waals surface area contributed by atoms with Crippen molar-refractivity contribution in [3.63, 3.8) is 0 Å². The van der Waals surface area contributed by atoms with E-state index in [9.17, 15) is 0 Å². The van der Waals surface area contributed by atoms with Crippen LogP contribution in [0.3, 0.4) is 0 Å². The number of hydrogen-bond acceptors (Lipinski definition) is 3. The molecule has 4 heteroatoms. The highest BCUT2D eigenvalue weighted by atomic mass is 15.1. The van der Waals surface area contributed by atoms with Crippen molar-refractivity contribution < 1.29 is 0 Å². The van der Waals surface area contributed by atoms with Crippen molar-refractivity contribution in [1.82, 2.24) is 14.5 Å². The van der Waals surface area contributed by atoms with Crippen LogP contribution in [0.4, 0.5) is 5.82 Å². The number of aromatic nitrogens is 3. The van der Waals surface area contributed by atoms with Crippen molar-refractivity contribution >= 4 is 5.82 Å². The highest BCUT2D eigenvalue weighted by Gasteiger charge is 2.36. The molecule has 2 heterocycles. The molecule has 3 rings (SSSR count). The standard InChI is InChI=1S/C15H20N4/c1-15(2)7-3-6-13(15)19-10-17-9-12(19)11-5-4-8-18-14(11)16/h4-5,8-10,13H,3,6-7H2,1-2H3,(H2,16,18). The van der Waals surface area contributed by atoms with Gasteiger partial charge >= 0.3 is 0 Å². The van der Waals surface area contributed by atoms with Crippen molar-refractivity contribution in [1.29, 1.82) is 0 Å². The number of imidazole rings is 1. The van der Waals surface area contributed by atoms with Crippen LogP contribution in [0.5, 0.6) is 0 Å². The van der Waals surface area contributed by atoms with E-state index in [1.165, 1.54) is 19.3 Å². The van der Waals surface area contributed by atoms with Gasteiger partial charge in [0.25, 0.3) is 0 Å². The summed E-state index contributed by atoms with van der Waals surface area (Å²) >= 11 is 0. The summed E-state index contributed by atoms with van der Waals surface area (Å²) in [7, 11) is 0. The first-order valence-electron chi connectivity index (χ1n) is 6.82. The van der Waals surface area contributed by atoms with Gasteiger partial charge < -0.3 is 10.3 Å². The Bertz CT molecular complexity index is 585. The molecule has 2 N–H and O–H groups in total. The minimum Gasteiger partial charge on any atom is -0.383 e. The van der Waals surface area contributed by atoms with E-state index in [0.717, 1.165) is 11.3 Å². The van der Waals surface area contributed by atoms with Crippen LogP contribution in [0.2, 0.25) is 0 Å². The number of anilines is 1. The predicted molar refractivity (Wildman–Crippen MR) is 76.5 cm³/mol. The van der Waals surface area contributed by atoms with Crippen molar-refractivity contribution in [2.45, 2.75) is 39.2 Å². The van der Waals surface area contributed by atoms with E-state index in [0.29, 0.717) is 17.3 Å². The minimum absolute atomic E-state index is 0.312. The first-order chi connectivity index (χ1) is 9.09. The first-order valence-corrected chi connectivity index (χ1v) is 6.82. The summed E-state index contributed by atoms with van der Waals surface area (Å²) in [6, 6.07) is 4.42. The zero-order valence-electron chi connectivity index (χ0n) is 11.5. The van der Waals surface area contributed by atoms with Gasteiger partial charge in [0.1, 0.15) is 5.82 Å². The lowest BCUT2D eigenvalue weighted by atomic mass is 9.87. The Morgan fingerprint density at radius 3 is 2.95 bits per heavy atom. The fourth-order valence-electron chi connectivity index (χ4n) is 3.22. The van der Waals surface area contributed by atoms with E-state index >= 15 is 0 Å². The topological polar surface area (TPSA) is 56.7 Å². The maximum Gasteiger partial charge on any atom is 0.132 e. The highest BCUT2D eigenvalue weighted by molar-refractivity contribution is 5.70. The van der Waals surface area contributed by atoms with E-state index in [1.54, 1.807) is 6.20 Å². The molecule has 2 aromatic rings. The summed E-state index contributed by atoms with van der Waals surface area (Å²) in [6.45, 7) is 4.67. The van der Waals surface area contributed by atoms with E-state index < -0.39 is 0 Å². The summed E-state index contributed by atoms with van der Waals surface area (Å²) in [5.41, 5.74) is 8.36. The summed E-state index contributed by atoms with van der Waals surface area (Å²) in [4.78, 5) is 8.51. The van der Waals surface area contributed by atoms with Crippen LogP contribution in [-0.4, -0.2) is 14.5 Å². The molecule has 0 amide bonds. The molecule has 1 saturated carbocycles. The van der Waals surface area contributed by atoms with Crippen molar-refractivity contribution in [2.24, 2.45) is 5.41 Å². The molecule has 100 valence electrons. The maximum absolute atomic E-state index is 5.99. The molecule has 1 aliphatic rings. The third kappa shape index (κ3) is 2.01. The van der Waals surface area contributed by atoms with E-state index in [-0.39, 0.29) is 0 Å². The zero-order valence-corrected chi connectivity index (χ0v) is 11.5. The Labute approximate surface area is 113 Å². The average molecular weight is 256 g/mol. The number of nitrogen functional groups attached to an aromatic ring is 1. The van der Waals surface area contributed by atoms with E-state index in [1.807, 2.05) is 24.7 Å². The van der Waals surface area contributed by atoms with Gasteiger partial charge in [-0.1, -0.05) is 20.3 Å². The smallest absolute Gasteiger partial charge is 0.132 e. The number of rotatable bonds is 2. The molecule has 0 saturated heterocycles. The van der Waals surface area contributed by atoms with Crippen LogP contribution in [-0.2, 0) is 0 Å². The van der Waals surface area contributed by atoms with E-state index in [2.05, 4.69) is 28.4 Å². The Morgan fingerprint density at radius 1 is 1.42 bits per heavy atom.